The van der Waals surface area contributed by atoms with E-state index in [4.69, 9.17) is 0 Å². The summed E-state index contributed by atoms with van der Waals surface area (Å²) in [5, 5.41) is 12.2. The fourth-order valence-corrected chi connectivity index (χ4v) is 2.68. The van der Waals surface area contributed by atoms with Crippen LogP contribution in [0.5, 0.6) is 0 Å². The summed E-state index contributed by atoms with van der Waals surface area (Å²) in [6.45, 7) is 1.88. The number of benzene rings is 1. The van der Waals surface area contributed by atoms with Crippen LogP contribution in [0.15, 0.2) is 60.8 Å². The first-order valence-electron chi connectivity index (χ1n) is 7.69. The highest BCUT2D eigenvalue weighted by Crippen LogP contribution is 2.14. The Kier molecular flexibility index (Phi) is 3.42. The van der Waals surface area contributed by atoms with Gasteiger partial charge in [0.2, 0.25) is 0 Å². The van der Waals surface area contributed by atoms with E-state index < -0.39 is 0 Å². The summed E-state index contributed by atoms with van der Waals surface area (Å²) < 4.78 is 1.86. The van der Waals surface area contributed by atoms with E-state index in [0.29, 0.717) is 11.5 Å². The number of hydrogen-bond acceptors (Lipinski definition) is 4. The minimum atomic E-state index is -0.289. The van der Waals surface area contributed by atoms with Gasteiger partial charge >= 0.3 is 0 Å². The van der Waals surface area contributed by atoms with Gasteiger partial charge in [0.25, 0.3) is 5.91 Å². The van der Waals surface area contributed by atoms with Crippen molar-refractivity contribution in [1.29, 1.82) is 0 Å². The Hall–Kier alpha value is -3.28. The zero-order chi connectivity index (χ0) is 16.5. The Balaban J connectivity index is 1.60. The lowest BCUT2D eigenvalue weighted by molar-refractivity contribution is 0.0933. The fourth-order valence-electron chi connectivity index (χ4n) is 2.68. The first-order chi connectivity index (χ1) is 11.7. The second-order valence-corrected chi connectivity index (χ2v) is 5.57. The summed E-state index contributed by atoms with van der Waals surface area (Å²) in [5.74, 6) is 0.445. The molecule has 1 amide bonds. The molecule has 0 radical (unpaired) electrons. The van der Waals surface area contributed by atoms with Crippen molar-refractivity contribution >= 4 is 22.5 Å². The highest BCUT2D eigenvalue weighted by molar-refractivity contribution is 5.95. The molecule has 0 spiro atoms. The van der Waals surface area contributed by atoms with Crippen molar-refractivity contribution in [2.24, 2.45) is 0 Å². The van der Waals surface area contributed by atoms with E-state index in [9.17, 15) is 4.79 Å². The summed E-state index contributed by atoms with van der Waals surface area (Å²) in [5.41, 5.74) is 1.93. The molecule has 6 heteroatoms. The van der Waals surface area contributed by atoms with Crippen LogP contribution in [0, 0.1) is 0 Å². The van der Waals surface area contributed by atoms with Crippen molar-refractivity contribution in [3.05, 3.63) is 72.3 Å². The number of rotatable bonds is 3. The SMILES string of the molecule is C[C@@H](NC(=O)c1ccc2ccccc2n1)c1nnc2ccccn12. The number of carbonyl (C=O) groups excluding carboxylic acids is 1. The smallest absolute Gasteiger partial charge is 0.270 e. The van der Waals surface area contributed by atoms with Crippen LogP contribution in [0.1, 0.15) is 29.3 Å². The maximum atomic E-state index is 12.5. The molecule has 1 N–H and O–H groups in total. The van der Waals surface area contributed by atoms with E-state index >= 15 is 0 Å². The second-order valence-electron chi connectivity index (χ2n) is 5.57. The number of aromatic nitrogens is 4. The maximum Gasteiger partial charge on any atom is 0.270 e. The van der Waals surface area contributed by atoms with Crippen LogP contribution in [0.3, 0.4) is 0 Å². The molecule has 0 saturated carbocycles. The lowest BCUT2D eigenvalue weighted by Crippen LogP contribution is -2.28. The molecule has 4 rings (SSSR count). The Bertz CT molecular complexity index is 1040. The van der Waals surface area contributed by atoms with Gasteiger partial charge in [0.1, 0.15) is 5.69 Å². The summed E-state index contributed by atoms with van der Waals surface area (Å²) >= 11 is 0. The fraction of sp³-hybridized carbons (Fsp3) is 0.111. The van der Waals surface area contributed by atoms with Gasteiger partial charge in [-0.05, 0) is 31.2 Å². The standard InChI is InChI=1S/C18H15N5O/c1-12(17-22-21-16-8-4-5-11-23(16)17)19-18(24)15-10-9-13-6-2-3-7-14(13)20-15/h2-12H,1H3,(H,19,24)/t12-/m1/s1. The number of para-hydroxylation sites is 1. The summed E-state index contributed by atoms with van der Waals surface area (Å²) in [6.07, 6.45) is 1.88. The van der Waals surface area contributed by atoms with Crippen molar-refractivity contribution in [1.82, 2.24) is 24.9 Å². The van der Waals surface area contributed by atoms with E-state index in [1.165, 1.54) is 0 Å². The van der Waals surface area contributed by atoms with Gasteiger partial charge in [-0.1, -0.05) is 30.3 Å². The first-order valence-corrected chi connectivity index (χ1v) is 7.69. The van der Waals surface area contributed by atoms with Crippen LogP contribution in [0.4, 0.5) is 0 Å². The van der Waals surface area contributed by atoms with Crippen molar-refractivity contribution in [2.45, 2.75) is 13.0 Å². The van der Waals surface area contributed by atoms with Crippen molar-refractivity contribution in [2.75, 3.05) is 0 Å². The van der Waals surface area contributed by atoms with Crippen LogP contribution in [0.2, 0.25) is 0 Å². The third-order valence-electron chi connectivity index (χ3n) is 3.91. The van der Waals surface area contributed by atoms with E-state index in [2.05, 4.69) is 20.5 Å². The number of hydrogen-bond donors (Lipinski definition) is 1. The van der Waals surface area contributed by atoms with Crippen molar-refractivity contribution in [3.63, 3.8) is 0 Å². The topological polar surface area (TPSA) is 72.2 Å². The number of amides is 1. The molecule has 24 heavy (non-hydrogen) atoms. The summed E-state index contributed by atoms with van der Waals surface area (Å²) in [7, 11) is 0. The minimum absolute atomic E-state index is 0.235. The zero-order valence-corrected chi connectivity index (χ0v) is 13.0. The van der Waals surface area contributed by atoms with Crippen LogP contribution >= 0.6 is 0 Å². The molecular formula is C18H15N5O. The lowest BCUT2D eigenvalue weighted by Gasteiger charge is -2.12. The first kappa shape index (κ1) is 14.3. The molecule has 1 aromatic carbocycles. The predicted octanol–water partition coefficient (Wildman–Crippen LogP) is 2.77. The lowest BCUT2D eigenvalue weighted by atomic mass is 10.2. The molecule has 3 aromatic heterocycles. The predicted molar refractivity (Wildman–Crippen MR) is 90.6 cm³/mol. The monoisotopic (exact) mass is 317 g/mol. The van der Waals surface area contributed by atoms with Gasteiger partial charge in [-0.25, -0.2) is 4.98 Å². The Morgan fingerprint density at radius 3 is 2.79 bits per heavy atom. The van der Waals surface area contributed by atoms with Gasteiger partial charge in [-0.3, -0.25) is 9.20 Å². The molecule has 0 unspecified atom stereocenters. The van der Waals surface area contributed by atoms with E-state index in [1.807, 2.05) is 66.1 Å². The quantitative estimate of drug-likeness (QED) is 0.630. The number of pyridine rings is 2. The minimum Gasteiger partial charge on any atom is -0.341 e. The Morgan fingerprint density at radius 1 is 1.04 bits per heavy atom. The van der Waals surface area contributed by atoms with Crippen molar-refractivity contribution in [3.8, 4) is 0 Å². The van der Waals surface area contributed by atoms with Crippen molar-refractivity contribution < 1.29 is 4.79 Å². The summed E-state index contributed by atoms with van der Waals surface area (Å²) in [4.78, 5) is 16.9. The molecule has 1 atom stereocenters. The Morgan fingerprint density at radius 2 is 1.88 bits per heavy atom. The molecular weight excluding hydrogens is 302 g/mol. The average Bonchev–Trinajstić information content (AvgIpc) is 3.05. The van der Waals surface area contributed by atoms with Gasteiger partial charge < -0.3 is 5.32 Å². The van der Waals surface area contributed by atoms with Gasteiger partial charge in [0.05, 0.1) is 11.6 Å². The largest absolute Gasteiger partial charge is 0.341 e. The number of nitrogens with one attached hydrogen (secondary N) is 1. The molecule has 0 aliphatic carbocycles. The third-order valence-corrected chi connectivity index (χ3v) is 3.91. The third kappa shape index (κ3) is 2.48. The van der Waals surface area contributed by atoms with Gasteiger partial charge in [-0.15, -0.1) is 10.2 Å². The highest BCUT2D eigenvalue weighted by atomic mass is 16.1. The Labute approximate surface area is 138 Å². The van der Waals surface area contributed by atoms with E-state index in [-0.39, 0.29) is 11.9 Å². The molecule has 3 heterocycles. The van der Waals surface area contributed by atoms with Crippen LogP contribution in [0.25, 0.3) is 16.6 Å². The van der Waals surface area contributed by atoms with Gasteiger partial charge in [0, 0.05) is 11.6 Å². The normalized spacial score (nSPS) is 12.4. The van der Waals surface area contributed by atoms with Gasteiger partial charge in [0.15, 0.2) is 11.5 Å². The average molecular weight is 317 g/mol. The number of nitrogens with zero attached hydrogens (tertiary/aromatic N) is 4. The molecule has 0 fully saturated rings. The second kappa shape index (κ2) is 5.73. The highest BCUT2D eigenvalue weighted by Gasteiger charge is 2.17. The molecule has 4 aromatic rings. The molecule has 0 saturated heterocycles. The zero-order valence-electron chi connectivity index (χ0n) is 13.0. The summed E-state index contributed by atoms with van der Waals surface area (Å²) in [6, 6.07) is 16.7. The number of fused-ring (bicyclic) bond motifs is 2. The number of carbonyl (C=O) groups is 1. The van der Waals surface area contributed by atoms with E-state index in [1.54, 1.807) is 6.07 Å². The molecule has 0 bridgehead atoms. The van der Waals surface area contributed by atoms with Crippen LogP contribution < -0.4 is 5.32 Å². The maximum absolute atomic E-state index is 12.5. The van der Waals surface area contributed by atoms with Crippen LogP contribution in [-0.2, 0) is 0 Å². The molecule has 0 aliphatic heterocycles. The van der Waals surface area contributed by atoms with Gasteiger partial charge in [-0.2, -0.15) is 0 Å². The molecule has 6 nitrogen and oxygen atoms in total. The van der Waals surface area contributed by atoms with E-state index in [0.717, 1.165) is 16.6 Å². The molecule has 118 valence electrons. The molecule has 0 aliphatic rings. The van der Waals surface area contributed by atoms with Crippen LogP contribution in [-0.4, -0.2) is 25.5 Å².